The van der Waals surface area contributed by atoms with Gasteiger partial charge in [0.25, 0.3) is 0 Å². The van der Waals surface area contributed by atoms with Gasteiger partial charge < -0.3 is 10.5 Å². The summed E-state index contributed by atoms with van der Waals surface area (Å²) in [6, 6.07) is 10.5. The number of nitrogens with zero attached hydrogens (tertiary/aromatic N) is 1. The van der Waals surface area contributed by atoms with Crippen molar-refractivity contribution in [2.24, 2.45) is 5.73 Å². The normalized spacial score (nSPS) is 10.1. The minimum atomic E-state index is 0.232. The van der Waals surface area contributed by atoms with Crippen LogP contribution in [0, 0.1) is 0 Å². The predicted octanol–water partition coefficient (Wildman–Crippen LogP) is 3.92. The first-order valence-electron chi connectivity index (χ1n) is 4.96. The number of nitrogens with two attached hydrogens (primary N) is 1. The van der Waals surface area contributed by atoms with Crippen LogP contribution in [0.1, 0.15) is 5.69 Å². The van der Waals surface area contributed by atoms with E-state index < -0.39 is 0 Å². The second kappa shape index (κ2) is 5.65. The van der Waals surface area contributed by atoms with Crippen LogP contribution >= 0.6 is 39.7 Å². The van der Waals surface area contributed by atoms with Gasteiger partial charge in [-0.25, -0.2) is 4.98 Å². The molecule has 0 unspecified atom stereocenters. The molecule has 92 valence electrons. The van der Waals surface area contributed by atoms with Crippen molar-refractivity contribution in [3.8, 4) is 11.6 Å². The lowest BCUT2D eigenvalue weighted by atomic mass is 10.3. The number of halogens is 2. The van der Waals surface area contributed by atoms with Crippen LogP contribution in [0.2, 0.25) is 5.02 Å². The van der Waals surface area contributed by atoms with Crippen LogP contribution < -0.4 is 10.5 Å². The highest BCUT2D eigenvalue weighted by Crippen LogP contribution is 2.31. The van der Waals surface area contributed by atoms with Gasteiger partial charge in [0, 0.05) is 11.1 Å². The first-order chi connectivity index (χ1) is 8.56. The predicted molar refractivity (Wildman–Crippen MR) is 79.4 cm³/mol. The molecule has 0 bridgehead atoms. The zero-order valence-electron chi connectivity index (χ0n) is 9.06. The van der Waals surface area contributed by atoms with Crippen molar-refractivity contribution >= 4 is 44.7 Å². The molecule has 0 spiro atoms. The summed E-state index contributed by atoms with van der Waals surface area (Å²) in [5.41, 5.74) is 6.03. The maximum absolute atomic E-state index is 5.85. The molecule has 18 heavy (non-hydrogen) atoms. The summed E-state index contributed by atoms with van der Waals surface area (Å²) in [5, 5.41) is 0.624. The van der Waals surface area contributed by atoms with Gasteiger partial charge in [-0.15, -0.1) is 0 Å². The van der Waals surface area contributed by atoms with E-state index >= 15 is 0 Å². The summed E-state index contributed by atoms with van der Waals surface area (Å²) in [5.74, 6) is 1.04. The summed E-state index contributed by atoms with van der Waals surface area (Å²) in [6.07, 6.45) is 0. The van der Waals surface area contributed by atoms with E-state index in [-0.39, 0.29) is 4.99 Å². The summed E-state index contributed by atoms with van der Waals surface area (Å²) in [7, 11) is 0. The minimum Gasteiger partial charge on any atom is -0.438 e. The summed E-state index contributed by atoms with van der Waals surface area (Å²) >= 11 is 14.1. The summed E-state index contributed by atoms with van der Waals surface area (Å²) in [4.78, 5) is 4.42. The molecule has 0 radical (unpaired) electrons. The van der Waals surface area contributed by atoms with Crippen LogP contribution in [0.5, 0.6) is 11.6 Å². The third kappa shape index (κ3) is 3.19. The molecule has 2 rings (SSSR count). The van der Waals surface area contributed by atoms with Gasteiger partial charge in [-0.1, -0.05) is 29.9 Å². The number of benzene rings is 1. The third-order valence-corrected chi connectivity index (χ3v) is 3.15. The zero-order valence-corrected chi connectivity index (χ0v) is 12.2. The first kappa shape index (κ1) is 13.3. The molecule has 2 N–H and O–H groups in total. The number of rotatable bonds is 3. The Kier molecular flexibility index (Phi) is 4.16. The largest absolute Gasteiger partial charge is 0.438 e. The lowest BCUT2D eigenvalue weighted by Gasteiger charge is -2.08. The second-order valence-corrected chi connectivity index (χ2v) is 5.13. The highest BCUT2D eigenvalue weighted by atomic mass is 79.9. The molecule has 0 saturated heterocycles. The maximum Gasteiger partial charge on any atom is 0.219 e. The fourth-order valence-corrected chi connectivity index (χ4v) is 2.16. The lowest BCUT2D eigenvalue weighted by Crippen LogP contribution is -2.11. The van der Waals surface area contributed by atoms with Crippen molar-refractivity contribution < 1.29 is 4.74 Å². The van der Waals surface area contributed by atoms with Crippen molar-refractivity contribution in [2.75, 3.05) is 0 Å². The van der Waals surface area contributed by atoms with E-state index in [0.29, 0.717) is 22.3 Å². The molecule has 0 aliphatic carbocycles. The monoisotopic (exact) mass is 342 g/mol. The second-order valence-electron chi connectivity index (χ2n) is 3.40. The molecule has 0 fully saturated rings. The molecule has 0 atom stereocenters. The van der Waals surface area contributed by atoms with Gasteiger partial charge >= 0.3 is 0 Å². The molecular weight excluding hydrogens is 336 g/mol. The molecule has 0 aliphatic rings. The van der Waals surface area contributed by atoms with Crippen LogP contribution in [0.4, 0.5) is 0 Å². The van der Waals surface area contributed by atoms with Crippen LogP contribution in [0.15, 0.2) is 40.9 Å². The summed E-state index contributed by atoms with van der Waals surface area (Å²) < 4.78 is 6.37. The Morgan fingerprint density at radius 3 is 2.78 bits per heavy atom. The number of thiocarbonyl (C=S) groups is 1. The number of hydrogen-bond donors (Lipinski definition) is 1. The van der Waals surface area contributed by atoms with E-state index in [1.807, 2.05) is 0 Å². The molecule has 6 heteroatoms. The van der Waals surface area contributed by atoms with E-state index in [2.05, 4.69) is 20.9 Å². The Morgan fingerprint density at radius 2 is 2.11 bits per heavy atom. The first-order valence-corrected chi connectivity index (χ1v) is 6.54. The van der Waals surface area contributed by atoms with E-state index in [9.17, 15) is 0 Å². The van der Waals surface area contributed by atoms with Crippen molar-refractivity contribution in [1.29, 1.82) is 0 Å². The molecule has 1 aromatic carbocycles. The minimum absolute atomic E-state index is 0.232. The lowest BCUT2D eigenvalue weighted by molar-refractivity contribution is 0.460. The van der Waals surface area contributed by atoms with Gasteiger partial charge in [0.2, 0.25) is 5.88 Å². The van der Waals surface area contributed by atoms with Crippen LogP contribution in [0.3, 0.4) is 0 Å². The Hall–Kier alpha value is -1.17. The fraction of sp³-hybridized carbons (Fsp3) is 0. The molecular formula is C12H8BrClN2OS. The van der Waals surface area contributed by atoms with Crippen LogP contribution in [-0.2, 0) is 0 Å². The number of ether oxygens (including phenoxy) is 1. The Labute approximate surface area is 123 Å². The highest BCUT2D eigenvalue weighted by molar-refractivity contribution is 9.10. The molecule has 1 heterocycles. The maximum atomic E-state index is 5.85. The molecule has 0 saturated carbocycles. The van der Waals surface area contributed by atoms with Gasteiger partial charge in [0.15, 0.2) is 0 Å². The SMILES string of the molecule is NC(=S)c1cccc(Oc2ccc(Cl)cc2Br)n1. The zero-order chi connectivity index (χ0) is 13.1. The van der Waals surface area contributed by atoms with Gasteiger partial charge in [-0.2, -0.15) is 0 Å². The van der Waals surface area contributed by atoms with E-state index in [1.165, 1.54) is 0 Å². The molecule has 0 aliphatic heterocycles. The smallest absolute Gasteiger partial charge is 0.219 e. The number of pyridine rings is 1. The Balaban J connectivity index is 2.28. The van der Waals surface area contributed by atoms with E-state index in [0.717, 1.165) is 4.47 Å². The Bertz CT molecular complexity index is 606. The highest BCUT2D eigenvalue weighted by Gasteiger charge is 2.06. The van der Waals surface area contributed by atoms with Crippen molar-refractivity contribution in [3.05, 3.63) is 51.6 Å². The van der Waals surface area contributed by atoms with Crippen LogP contribution in [0.25, 0.3) is 0 Å². The van der Waals surface area contributed by atoms with Crippen molar-refractivity contribution in [3.63, 3.8) is 0 Å². The topological polar surface area (TPSA) is 48.1 Å². The van der Waals surface area contributed by atoms with Gasteiger partial charge in [0.05, 0.1) is 4.47 Å². The molecule has 2 aromatic rings. The molecule has 1 aromatic heterocycles. The van der Waals surface area contributed by atoms with E-state index in [4.69, 9.17) is 34.3 Å². The molecule has 0 amide bonds. The fourth-order valence-electron chi connectivity index (χ4n) is 1.28. The standard InChI is InChI=1S/C12H8BrClN2OS/c13-8-6-7(14)4-5-10(8)17-11-3-1-2-9(16-11)12(15)18/h1-6H,(H2,15,18). The van der Waals surface area contributed by atoms with E-state index in [1.54, 1.807) is 36.4 Å². The quantitative estimate of drug-likeness (QED) is 0.858. The van der Waals surface area contributed by atoms with Gasteiger partial charge in [0.1, 0.15) is 16.4 Å². The summed E-state index contributed by atoms with van der Waals surface area (Å²) in [6.45, 7) is 0. The third-order valence-electron chi connectivity index (χ3n) is 2.08. The number of aromatic nitrogens is 1. The van der Waals surface area contributed by atoms with Crippen LogP contribution in [-0.4, -0.2) is 9.97 Å². The van der Waals surface area contributed by atoms with Crippen molar-refractivity contribution in [2.45, 2.75) is 0 Å². The average molecular weight is 344 g/mol. The van der Waals surface area contributed by atoms with Gasteiger partial charge in [-0.05, 0) is 40.2 Å². The van der Waals surface area contributed by atoms with Crippen molar-refractivity contribution in [1.82, 2.24) is 4.98 Å². The van der Waals surface area contributed by atoms with Gasteiger partial charge in [-0.3, -0.25) is 0 Å². The Morgan fingerprint density at radius 1 is 1.33 bits per heavy atom. The number of hydrogen-bond acceptors (Lipinski definition) is 3. The average Bonchev–Trinajstić information content (AvgIpc) is 2.33. The molecule has 3 nitrogen and oxygen atoms in total.